The fourth-order valence-corrected chi connectivity index (χ4v) is 3.53. The number of rotatable bonds is 3. The summed E-state index contributed by atoms with van der Waals surface area (Å²) in [5.74, 6) is 0.0622. The molecule has 134 valence electrons. The molecule has 0 N–H and O–H groups in total. The minimum atomic E-state index is 0.0622. The van der Waals surface area contributed by atoms with Gasteiger partial charge in [-0.1, -0.05) is 29.8 Å². The van der Waals surface area contributed by atoms with Gasteiger partial charge in [0, 0.05) is 18.8 Å². The fraction of sp³-hybridized carbons (Fsp3) is 0.500. The van der Waals surface area contributed by atoms with Crippen LogP contribution in [0.4, 0.5) is 0 Å². The minimum Gasteiger partial charge on any atom is -0.372 e. The summed E-state index contributed by atoms with van der Waals surface area (Å²) in [6.45, 7) is 11.9. The molecule has 1 amide bonds. The van der Waals surface area contributed by atoms with Crippen LogP contribution in [-0.4, -0.2) is 45.9 Å². The predicted molar refractivity (Wildman–Crippen MR) is 97.9 cm³/mol. The molecule has 0 spiro atoms. The van der Waals surface area contributed by atoms with E-state index in [1.807, 2.05) is 37.3 Å². The maximum Gasteiger partial charge on any atom is 0.257 e. The SMILES string of the molecule is Cc1ccc(Cn2nc(C)c(C(=O)N3C[C@H](C)O[C@@H](C)C3)c2C)cc1. The summed E-state index contributed by atoms with van der Waals surface area (Å²) in [5, 5.41) is 4.62. The topological polar surface area (TPSA) is 47.4 Å². The minimum absolute atomic E-state index is 0.0622. The maximum absolute atomic E-state index is 13.1. The van der Waals surface area contributed by atoms with Crippen molar-refractivity contribution < 1.29 is 9.53 Å². The number of benzene rings is 1. The summed E-state index contributed by atoms with van der Waals surface area (Å²) in [4.78, 5) is 15.0. The molecule has 0 bridgehead atoms. The number of hydrogen-bond donors (Lipinski definition) is 0. The van der Waals surface area contributed by atoms with Gasteiger partial charge >= 0.3 is 0 Å². The third kappa shape index (κ3) is 3.76. The molecular formula is C20H27N3O2. The number of amides is 1. The molecule has 25 heavy (non-hydrogen) atoms. The second-order valence-electron chi connectivity index (χ2n) is 7.16. The largest absolute Gasteiger partial charge is 0.372 e. The van der Waals surface area contributed by atoms with E-state index >= 15 is 0 Å². The van der Waals surface area contributed by atoms with E-state index in [1.165, 1.54) is 11.1 Å². The molecule has 0 unspecified atom stereocenters. The lowest BCUT2D eigenvalue weighted by Crippen LogP contribution is -2.48. The zero-order valence-electron chi connectivity index (χ0n) is 15.7. The van der Waals surface area contributed by atoms with E-state index in [9.17, 15) is 4.79 Å². The zero-order chi connectivity index (χ0) is 18.1. The van der Waals surface area contributed by atoms with Gasteiger partial charge in [-0.25, -0.2) is 0 Å². The fourth-order valence-electron chi connectivity index (χ4n) is 3.53. The van der Waals surface area contributed by atoms with E-state index in [2.05, 4.69) is 36.3 Å². The van der Waals surface area contributed by atoms with Crippen molar-refractivity contribution in [2.45, 2.75) is 53.4 Å². The van der Waals surface area contributed by atoms with Gasteiger partial charge in [-0.15, -0.1) is 0 Å². The highest BCUT2D eigenvalue weighted by atomic mass is 16.5. The van der Waals surface area contributed by atoms with Gasteiger partial charge in [0.2, 0.25) is 0 Å². The molecule has 2 heterocycles. The molecule has 1 aliphatic rings. The third-order valence-electron chi connectivity index (χ3n) is 4.76. The molecule has 2 atom stereocenters. The van der Waals surface area contributed by atoms with Gasteiger partial charge in [0.1, 0.15) is 0 Å². The Hall–Kier alpha value is -2.14. The maximum atomic E-state index is 13.1. The highest BCUT2D eigenvalue weighted by Gasteiger charge is 2.29. The lowest BCUT2D eigenvalue weighted by molar-refractivity contribution is -0.0586. The van der Waals surface area contributed by atoms with Crippen molar-refractivity contribution in [1.82, 2.24) is 14.7 Å². The molecule has 0 radical (unpaired) electrons. The average molecular weight is 341 g/mol. The summed E-state index contributed by atoms with van der Waals surface area (Å²) in [7, 11) is 0. The second-order valence-corrected chi connectivity index (χ2v) is 7.16. The molecular weight excluding hydrogens is 314 g/mol. The molecule has 5 nitrogen and oxygen atoms in total. The van der Waals surface area contributed by atoms with Crippen LogP contribution in [0.2, 0.25) is 0 Å². The summed E-state index contributed by atoms with van der Waals surface area (Å²) in [6.07, 6.45) is 0.131. The van der Waals surface area contributed by atoms with Gasteiger partial charge in [0.15, 0.2) is 0 Å². The number of carbonyl (C=O) groups excluding carboxylic acids is 1. The highest BCUT2D eigenvalue weighted by molar-refractivity contribution is 5.96. The van der Waals surface area contributed by atoms with Crippen molar-refractivity contribution in [1.29, 1.82) is 0 Å². The summed E-state index contributed by atoms with van der Waals surface area (Å²) in [6, 6.07) is 8.42. The van der Waals surface area contributed by atoms with Crippen LogP contribution >= 0.6 is 0 Å². The van der Waals surface area contributed by atoms with Crippen LogP contribution in [0.3, 0.4) is 0 Å². The van der Waals surface area contributed by atoms with Gasteiger partial charge in [0.05, 0.1) is 30.0 Å². The van der Waals surface area contributed by atoms with Crippen molar-refractivity contribution >= 4 is 5.91 Å². The summed E-state index contributed by atoms with van der Waals surface area (Å²) in [5.41, 5.74) is 4.87. The average Bonchev–Trinajstić information content (AvgIpc) is 2.82. The summed E-state index contributed by atoms with van der Waals surface area (Å²) < 4.78 is 7.67. The number of nitrogens with zero attached hydrogens (tertiary/aromatic N) is 3. The van der Waals surface area contributed by atoms with Gasteiger partial charge < -0.3 is 9.64 Å². The molecule has 1 fully saturated rings. The number of carbonyl (C=O) groups is 1. The molecule has 5 heteroatoms. The third-order valence-corrected chi connectivity index (χ3v) is 4.76. The molecule has 1 aromatic heterocycles. The first-order valence-corrected chi connectivity index (χ1v) is 8.89. The van der Waals surface area contributed by atoms with Crippen LogP contribution < -0.4 is 0 Å². The molecule has 3 rings (SSSR count). The van der Waals surface area contributed by atoms with Crippen LogP contribution in [0.25, 0.3) is 0 Å². The Bertz CT molecular complexity index is 754. The first kappa shape index (κ1) is 17.7. The van der Waals surface area contributed by atoms with Crippen molar-refractivity contribution in [3.05, 3.63) is 52.3 Å². The van der Waals surface area contributed by atoms with E-state index in [4.69, 9.17) is 4.74 Å². The first-order chi connectivity index (χ1) is 11.8. The number of aryl methyl sites for hydroxylation is 2. The molecule has 0 aliphatic carbocycles. The number of aromatic nitrogens is 2. The quantitative estimate of drug-likeness (QED) is 0.862. The van der Waals surface area contributed by atoms with Gasteiger partial charge in [-0.3, -0.25) is 9.48 Å². The van der Waals surface area contributed by atoms with Crippen LogP contribution in [0.5, 0.6) is 0 Å². The highest BCUT2D eigenvalue weighted by Crippen LogP contribution is 2.20. The van der Waals surface area contributed by atoms with Crippen molar-refractivity contribution in [2.75, 3.05) is 13.1 Å². The number of hydrogen-bond acceptors (Lipinski definition) is 3. The Kier molecular flexibility index (Phi) is 4.95. The van der Waals surface area contributed by atoms with Crippen LogP contribution in [0.15, 0.2) is 24.3 Å². The van der Waals surface area contributed by atoms with E-state index in [0.717, 1.165) is 17.0 Å². The Labute approximate surface area is 149 Å². The predicted octanol–water partition coefficient (Wildman–Crippen LogP) is 3.11. The van der Waals surface area contributed by atoms with E-state index in [0.29, 0.717) is 19.6 Å². The van der Waals surface area contributed by atoms with Crippen molar-refractivity contribution in [3.63, 3.8) is 0 Å². The van der Waals surface area contributed by atoms with Crippen LogP contribution in [0, 0.1) is 20.8 Å². The number of morpholine rings is 1. The molecule has 2 aromatic rings. The summed E-state index contributed by atoms with van der Waals surface area (Å²) >= 11 is 0. The van der Waals surface area contributed by atoms with E-state index in [1.54, 1.807) is 0 Å². The molecule has 0 saturated carbocycles. The van der Waals surface area contributed by atoms with Gasteiger partial charge in [0.25, 0.3) is 5.91 Å². The first-order valence-electron chi connectivity index (χ1n) is 8.89. The molecule has 1 aliphatic heterocycles. The van der Waals surface area contributed by atoms with Gasteiger partial charge in [-0.2, -0.15) is 5.10 Å². The smallest absolute Gasteiger partial charge is 0.257 e. The number of ether oxygens (including phenoxy) is 1. The standard InChI is InChI=1S/C20H27N3O2/c1-13-6-8-18(9-7-13)12-23-17(5)19(16(4)21-23)20(24)22-10-14(2)25-15(3)11-22/h6-9,14-15H,10-12H2,1-5H3/t14-,15-/m0/s1. The lowest BCUT2D eigenvalue weighted by atomic mass is 10.1. The molecule has 1 saturated heterocycles. The van der Waals surface area contributed by atoms with Crippen molar-refractivity contribution in [3.8, 4) is 0 Å². The normalized spacial score (nSPS) is 20.8. The zero-order valence-corrected chi connectivity index (χ0v) is 15.7. The Morgan fingerprint density at radius 1 is 1.12 bits per heavy atom. The Morgan fingerprint density at radius 3 is 2.32 bits per heavy atom. The van der Waals surface area contributed by atoms with E-state index in [-0.39, 0.29) is 18.1 Å². The Balaban J connectivity index is 1.84. The van der Waals surface area contributed by atoms with Crippen LogP contribution in [-0.2, 0) is 11.3 Å². The monoisotopic (exact) mass is 341 g/mol. The van der Waals surface area contributed by atoms with Crippen molar-refractivity contribution in [2.24, 2.45) is 0 Å². The van der Waals surface area contributed by atoms with Crippen LogP contribution in [0.1, 0.15) is 46.7 Å². The second kappa shape index (κ2) is 7.00. The molecule has 1 aromatic carbocycles. The Morgan fingerprint density at radius 2 is 1.72 bits per heavy atom. The van der Waals surface area contributed by atoms with E-state index < -0.39 is 0 Å². The lowest BCUT2D eigenvalue weighted by Gasteiger charge is -2.35. The van der Waals surface area contributed by atoms with Gasteiger partial charge in [-0.05, 0) is 40.2 Å².